The lowest BCUT2D eigenvalue weighted by atomic mass is 10.1. The average molecular weight is 296 g/mol. The lowest BCUT2D eigenvalue weighted by Crippen LogP contribution is -2.26. The maximum absolute atomic E-state index is 13.5. The topological polar surface area (TPSA) is 33.2 Å². The van der Waals surface area contributed by atoms with Crippen molar-refractivity contribution in [3.8, 4) is 0 Å². The highest BCUT2D eigenvalue weighted by Crippen LogP contribution is 2.15. The number of likely N-dealkylation sites (N-methyl/N-ethyl adjacent to an activating group) is 1. The summed E-state index contributed by atoms with van der Waals surface area (Å²) >= 11 is 1.52. The standard InChI is InChI=1S/C14H14F2N2OS/c1-9-14(20-8-17-9)7-18(2)6-13(19)11-4-3-10(15)5-12(11)16/h3-5,8H,6-7H2,1-2H3. The summed E-state index contributed by atoms with van der Waals surface area (Å²) in [5.74, 6) is -1.88. The number of Topliss-reactive ketones (excluding diaryl/α,β-unsaturated/α-hetero) is 1. The molecule has 106 valence electrons. The van der Waals surface area contributed by atoms with Gasteiger partial charge in [-0.15, -0.1) is 11.3 Å². The third-order valence-corrected chi connectivity index (χ3v) is 3.82. The molecule has 1 aromatic carbocycles. The fourth-order valence-electron chi connectivity index (χ4n) is 1.82. The van der Waals surface area contributed by atoms with Gasteiger partial charge < -0.3 is 0 Å². The van der Waals surface area contributed by atoms with E-state index >= 15 is 0 Å². The molecule has 20 heavy (non-hydrogen) atoms. The molecular weight excluding hydrogens is 282 g/mol. The van der Waals surface area contributed by atoms with Crippen LogP contribution in [0.15, 0.2) is 23.7 Å². The van der Waals surface area contributed by atoms with Gasteiger partial charge in [-0.3, -0.25) is 9.69 Å². The molecule has 0 atom stereocenters. The molecule has 0 saturated carbocycles. The smallest absolute Gasteiger partial charge is 0.179 e. The molecule has 1 heterocycles. The largest absolute Gasteiger partial charge is 0.294 e. The summed E-state index contributed by atoms with van der Waals surface area (Å²) in [5.41, 5.74) is 2.60. The molecule has 0 aliphatic carbocycles. The van der Waals surface area contributed by atoms with E-state index in [0.717, 1.165) is 22.7 Å². The molecule has 0 N–H and O–H groups in total. The minimum absolute atomic E-state index is 0.0693. The number of thiazole rings is 1. The highest BCUT2D eigenvalue weighted by Gasteiger charge is 2.15. The number of carbonyl (C=O) groups is 1. The van der Waals surface area contributed by atoms with Crippen LogP contribution in [0.2, 0.25) is 0 Å². The molecule has 1 aromatic heterocycles. The second kappa shape index (κ2) is 6.19. The van der Waals surface area contributed by atoms with Crippen LogP contribution in [0.5, 0.6) is 0 Å². The highest BCUT2D eigenvalue weighted by atomic mass is 32.1. The van der Waals surface area contributed by atoms with Crippen LogP contribution in [0.25, 0.3) is 0 Å². The van der Waals surface area contributed by atoms with Crippen molar-refractivity contribution in [2.45, 2.75) is 13.5 Å². The van der Waals surface area contributed by atoms with Gasteiger partial charge >= 0.3 is 0 Å². The van der Waals surface area contributed by atoms with Crippen LogP contribution in [0, 0.1) is 18.6 Å². The zero-order valence-electron chi connectivity index (χ0n) is 11.2. The number of aromatic nitrogens is 1. The number of benzene rings is 1. The fourth-order valence-corrected chi connectivity index (χ4v) is 2.68. The quantitative estimate of drug-likeness (QED) is 0.795. The number of aryl methyl sites for hydroxylation is 1. The van der Waals surface area contributed by atoms with Crippen molar-refractivity contribution in [1.82, 2.24) is 9.88 Å². The fraction of sp³-hybridized carbons (Fsp3) is 0.286. The molecule has 0 saturated heterocycles. The van der Waals surface area contributed by atoms with E-state index in [1.165, 1.54) is 17.4 Å². The predicted octanol–water partition coefficient (Wildman–Crippen LogP) is 3.04. The Morgan fingerprint density at radius 2 is 2.15 bits per heavy atom. The van der Waals surface area contributed by atoms with Gasteiger partial charge in [-0.2, -0.15) is 0 Å². The second-order valence-electron chi connectivity index (χ2n) is 4.58. The van der Waals surface area contributed by atoms with Gasteiger partial charge in [0.1, 0.15) is 11.6 Å². The molecule has 6 heteroatoms. The first-order valence-electron chi connectivity index (χ1n) is 6.03. The van der Waals surface area contributed by atoms with E-state index in [1.807, 2.05) is 6.92 Å². The number of ketones is 1. The Bertz CT molecular complexity index is 627. The Labute approximate surface area is 119 Å². The van der Waals surface area contributed by atoms with Crippen LogP contribution in [0.4, 0.5) is 8.78 Å². The van der Waals surface area contributed by atoms with Crippen LogP contribution in [-0.2, 0) is 6.54 Å². The molecule has 2 aromatic rings. The van der Waals surface area contributed by atoms with E-state index in [0.29, 0.717) is 6.54 Å². The van der Waals surface area contributed by atoms with Crippen LogP contribution < -0.4 is 0 Å². The summed E-state index contributed by atoms with van der Waals surface area (Å²) in [6.45, 7) is 2.55. The summed E-state index contributed by atoms with van der Waals surface area (Å²) in [7, 11) is 1.78. The average Bonchev–Trinajstić information content (AvgIpc) is 2.74. The van der Waals surface area contributed by atoms with Crippen molar-refractivity contribution in [2.24, 2.45) is 0 Å². The van der Waals surface area contributed by atoms with Gasteiger partial charge in [0.15, 0.2) is 5.78 Å². The van der Waals surface area contributed by atoms with Crippen LogP contribution in [-0.4, -0.2) is 29.3 Å². The summed E-state index contributed by atoms with van der Waals surface area (Å²) in [4.78, 5) is 19.0. The van der Waals surface area contributed by atoms with E-state index < -0.39 is 11.6 Å². The van der Waals surface area contributed by atoms with E-state index in [9.17, 15) is 13.6 Å². The van der Waals surface area contributed by atoms with Gasteiger partial charge in [0.05, 0.1) is 23.3 Å². The molecule has 0 aliphatic rings. The first kappa shape index (κ1) is 14.7. The summed E-state index contributed by atoms with van der Waals surface area (Å²) < 4.78 is 26.3. The van der Waals surface area contributed by atoms with E-state index in [2.05, 4.69) is 4.98 Å². The minimum Gasteiger partial charge on any atom is -0.294 e. The van der Waals surface area contributed by atoms with Gasteiger partial charge in [-0.25, -0.2) is 13.8 Å². The maximum Gasteiger partial charge on any atom is 0.179 e. The Morgan fingerprint density at radius 1 is 1.40 bits per heavy atom. The SMILES string of the molecule is Cc1ncsc1CN(C)CC(=O)c1ccc(F)cc1F. The minimum atomic E-state index is -0.822. The highest BCUT2D eigenvalue weighted by molar-refractivity contribution is 7.09. The zero-order chi connectivity index (χ0) is 14.7. The Hall–Kier alpha value is -1.66. The third-order valence-electron chi connectivity index (χ3n) is 2.90. The van der Waals surface area contributed by atoms with Crippen molar-refractivity contribution >= 4 is 17.1 Å². The molecule has 0 aliphatic heterocycles. The lowest BCUT2D eigenvalue weighted by Gasteiger charge is -2.15. The van der Waals surface area contributed by atoms with Gasteiger partial charge in [-0.1, -0.05) is 0 Å². The van der Waals surface area contributed by atoms with Gasteiger partial charge in [0.25, 0.3) is 0 Å². The maximum atomic E-state index is 13.5. The molecule has 0 spiro atoms. The monoisotopic (exact) mass is 296 g/mol. The van der Waals surface area contributed by atoms with Crippen LogP contribution >= 0.6 is 11.3 Å². The molecule has 0 radical (unpaired) electrons. The van der Waals surface area contributed by atoms with Gasteiger partial charge in [0.2, 0.25) is 0 Å². The molecule has 3 nitrogen and oxygen atoms in total. The summed E-state index contributed by atoms with van der Waals surface area (Å²) in [6, 6.07) is 2.99. The molecule has 0 fully saturated rings. The summed E-state index contributed by atoms with van der Waals surface area (Å²) in [6.07, 6.45) is 0. The molecule has 0 bridgehead atoms. The van der Waals surface area contributed by atoms with E-state index in [1.54, 1.807) is 17.5 Å². The first-order chi connectivity index (χ1) is 9.47. The predicted molar refractivity (Wildman–Crippen MR) is 73.9 cm³/mol. The molecule has 0 unspecified atom stereocenters. The molecule has 0 amide bonds. The lowest BCUT2D eigenvalue weighted by molar-refractivity contribution is 0.0939. The van der Waals surface area contributed by atoms with Crippen molar-refractivity contribution < 1.29 is 13.6 Å². The number of hydrogen-bond acceptors (Lipinski definition) is 4. The third kappa shape index (κ3) is 3.46. The van der Waals surface area contributed by atoms with Crippen molar-refractivity contribution in [2.75, 3.05) is 13.6 Å². The second-order valence-corrected chi connectivity index (χ2v) is 5.52. The van der Waals surface area contributed by atoms with E-state index in [4.69, 9.17) is 0 Å². The number of halogens is 2. The van der Waals surface area contributed by atoms with Crippen molar-refractivity contribution in [3.63, 3.8) is 0 Å². The molecular formula is C14H14F2N2OS. The van der Waals surface area contributed by atoms with Crippen LogP contribution in [0.3, 0.4) is 0 Å². The Balaban J connectivity index is 2.02. The van der Waals surface area contributed by atoms with Crippen molar-refractivity contribution in [1.29, 1.82) is 0 Å². The number of carbonyl (C=O) groups excluding carboxylic acids is 1. The number of nitrogens with zero attached hydrogens (tertiary/aromatic N) is 2. The molecule has 2 rings (SSSR count). The normalized spacial score (nSPS) is 11.1. The summed E-state index contributed by atoms with van der Waals surface area (Å²) in [5, 5.41) is 0. The number of hydrogen-bond donors (Lipinski definition) is 0. The number of rotatable bonds is 5. The Kier molecular flexibility index (Phi) is 4.57. The van der Waals surface area contributed by atoms with Crippen LogP contribution in [0.1, 0.15) is 20.9 Å². The Morgan fingerprint density at radius 3 is 2.75 bits per heavy atom. The van der Waals surface area contributed by atoms with E-state index in [-0.39, 0.29) is 17.9 Å². The first-order valence-corrected chi connectivity index (χ1v) is 6.91. The van der Waals surface area contributed by atoms with Crippen molar-refractivity contribution in [3.05, 3.63) is 51.5 Å². The zero-order valence-corrected chi connectivity index (χ0v) is 12.0. The van der Waals surface area contributed by atoms with Gasteiger partial charge in [-0.05, 0) is 26.1 Å². The van der Waals surface area contributed by atoms with Gasteiger partial charge in [0, 0.05) is 17.5 Å².